The molecule has 1 aliphatic rings. The van der Waals surface area contributed by atoms with Crippen molar-refractivity contribution >= 4 is 15.2 Å². The van der Waals surface area contributed by atoms with Crippen molar-refractivity contribution in [2.24, 2.45) is 5.73 Å². The Balaban J connectivity index is 2.93. The molecule has 0 fully saturated rings. The van der Waals surface area contributed by atoms with E-state index in [4.69, 9.17) is 5.73 Å². The van der Waals surface area contributed by atoms with Gasteiger partial charge in [0.25, 0.3) is 0 Å². The first-order chi connectivity index (χ1) is 5.54. The molecule has 0 aromatic heterocycles. The van der Waals surface area contributed by atoms with Crippen molar-refractivity contribution in [3.05, 3.63) is 11.3 Å². The van der Waals surface area contributed by atoms with Crippen LogP contribution in [0.25, 0.3) is 0 Å². The van der Waals surface area contributed by atoms with Gasteiger partial charge >= 0.3 is 0 Å². The van der Waals surface area contributed by atoms with Crippen molar-refractivity contribution in [3.63, 3.8) is 0 Å². The molecule has 0 aliphatic carbocycles. The molecule has 0 bridgehead atoms. The topological polar surface area (TPSA) is 46.3 Å². The first-order valence-corrected chi connectivity index (χ1v) is 4.56. The van der Waals surface area contributed by atoms with Crippen molar-refractivity contribution < 1.29 is 4.79 Å². The summed E-state index contributed by atoms with van der Waals surface area (Å²) < 4.78 is 2.07. The number of nitrogens with two attached hydrogens (primary N) is 1. The monoisotopic (exact) mass is 186 g/mol. The van der Waals surface area contributed by atoms with Crippen molar-refractivity contribution in [2.75, 3.05) is 6.54 Å². The van der Waals surface area contributed by atoms with E-state index in [0.717, 1.165) is 24.2 Å². The zero-order chi connectivity index (χ0) is 9.30. The quantitative estimate of drug-likeness (QED) is 0.612. The Bertz CT molecular complexity index is 237. The van der Waals surface area contributed by atoms with E-state index in [0.29, 0.717) is 0 Å². The summed E-state index contributed by atoms with van der Waals surface area (Å²) in [6, 6.07) is 0.169. The standard InChI is InChI=1S/C8H15N2OP/c1-5-8(9)7(6(2)11)3-4-10(5)12/h5H,3-4,9,12H2,1-2H3. The van der Waals surface area contributed by atoms with Crippen LogP contribution in [0, 0.1) is 0 Å². The molecular formula is C8H15N2OP. The van der Waals surface area contributed by atoms with E-state index in [1.165, 1.54) is 0 Å². The second-order valence-corrected chi connectivity index (χ2v) is 3.82. The molecule has 1 heterocycles. The molecule has 2 N–H and O–H groups in total. The van der Waals surface area contributed by atoms with E-state index in [-0.39, 0.29) is 11.8 Å². The summed E-state index contributed by atoms with van der Waals surface area (Å²) in [5, 5.41) is 0. The van der Waals surface area contributed by atoms with Crippen LogP contribution < -0.4 is 5.73 Å². The van der Waals surface area contributed by atoms with Gasteiger partial charge < -0.3 is 5.73 Å². The van der Waals surface area contributed by atoms with Gasteiger partial charge in [0.1, 0.15) is 0 Å². The third kappa shape index (κ3) is 1.67. The predicted octanol–water partition coefficient (Wildman–Crippen LogP) is 0.672. The lowest BCUT2D eigenvalue weighted by Gasteiger charge is -2.31. The first kappa shape index (κ1) is 9.69. The van der Waals surface area contributed by atoms with Crippen molar-refractivity contribution in [3.8, 4) is 0 Å². The molecule has 0 saturated carbocycles. The fourth-order valence-corrected chi connectivity index (χ4v) is 1.68. The summed E-state index contributed by atoms with van der Waals surface area (Å²) >= 11 is 0. The first-order valence-electron chi connectivity index (χ1n) is 4.05. The lowest BCUT2D eigenvalue weighted by atomic mass is 9.99. The molecule has 0 aromatic carbocycles. The fraction of sp³-hybridized carbons (Fsp3) is 0.625. The second-order valence-electron chi connectivity index (χ2n) is 3.15. The van der Waals surface area contributed by atoms with Crippen LogP contribution in [0.3, 0.4) is 0 Å². The summed E-state index contributed by atoms with van der Waals surface area (Å²) in [6.07, 6.45) is 0.773. The molecule has 2 unspecified atom stereocenters. The summed E-state index contributed by atoms with van der Waals surface area (Å²) in [5.74, 6) is 0.109. The molecule has 0 aromatic rings. The van der Waals surface area contributed by atoms with Crippen LogP contribution in [0.4, 0.5) is 0 Å². The Morgan fingerprint density at radius 1 is 1.75 bits per heavy atom. The highest BCUT2D eigenvalue weighted by Crippen LogP contribution is 2.23. The van der Waals surface area contributed by atoms with Crippen LogP contribution in [-0.2, 0) is 4.79 Å². The summed E-state index contributed by atoms with van der Waals surface area (Å²) in [7, 11) is 2.63. The molecule has 0 radical (unpaired) electrons. The number of hydrogen-bond donors (Lipinski definition) is 1. The van der Waals surface area contributed by atoms with Gasteiger partial charge in [-0.15, -0.1) is 0 Å². The Hall–Kier alpha value is -0.400. The maximum absolute atomic E-state index is 11.1. The smallest absolute Gasteiger partial charge is 0.157 e. The molecule has 3 nitrogen and oxygen atoms in total. The Morgan fingerprint density at radius 3 is 2.83 bits per heavy atom. The van der Waals surface area contributed by atoms with E-state index in [1.807, 2.05) is 6.92 Å². The number of Topliss-reactive ketones (excluding diaryl/α,β-unsaturated/α-hetero) is 1. The molecule has 1 rings (SSSR count). The minimum absolute atomic E-state index is 0.109. The molecule has 68 valence electrons. The van der Waals surface area contributed by atoms with E-state index >= 15 is 0 Å². The Kier molecular flexibility index (Phi) is 2.86. The number of carbonyl (C=O) groups is 1. The molecule has 0 saturated heterocycles. The number of ketones is 1. The van der Waals surface area contributed by atoms with Crippen LogP contribution in [0.5, 0.6) is 0 Å². The van der Waals surface area contributed by atoms with Crippen LogP contribution in [0.1, 0.15) is 20.3 Å². The number of carbonyl (C=O) groups excluding carboxylic acids is 1. The van der Waals surface area contributed by atoms with Crippen LogP contribution in [-0.4, -0.2) is 23.0 Å². The SMILES string of the molecule is CC(=O)C1=C(N)C(C)N(P)CC1. The number of nitrogens with zero attached hydrogens (tertiary/aromatic N) is 1. The maximum Gasteiger partial charge on any atom is 0.157 e. The third-order valence-corrected chi connectivity index (χ3v) is 3.05. The highest BCUT2D eigenvalue weighted by Gasteiger charge is 2.23. The van der Waals surface area contributed by atoms with Gasteiger partial charge in [-0.1, -0.05) is 9.39 Å². The highest BCUT2D eigenvalue weighted by molar-refractivity contribution is 7.13. The van der Waals surface area contributed by atoms with Gasteiger partial charge in [-0.05, 0) is 20.3 Å². The second kappa shape index (κ2) is 3.55. The fourth-order valence-electron chi connectivity index (χ4n) is 1.39. The van der Waals surface area contributed by atoms with Crippen molar-refractivity contribution in [1.29, 1.82) is 0 Å². The molecule has 4 heteroatoms. The lowest BCUT2D eigenvalue weighted by Crippen LogP contribution is -2.36. The van der Waals surface area contributed by atoms with Gasteiger partial charge in [0.2, 0.25) is 0 Å². The van der Waals surface area contributed by atoms with Gasteiger partial charge in [0.05, 0.1) is 6.04 Å². The summed E-state index contributed by atoms with van der Waals surface area (Å²) in [6.45, 7) is 4.47. The average Bonchev–Trinajstić information content (AvgIpc) is 2.00. The van der Waals surface area contributed by atoms with E-state index in [9.17, 15) is 4.79 Å². The van der Waals surface area contributed by atoms with Crippen LogP contribution >= 0.6 is 9.39 Å². The maximum atomic E-state index is 11.1. The van der Waals surface area contributed by atoms with Gasteiger partial charge in [0, 0.05) is 17.8 Å². The summed E-state index contributed by atoms with van der Waals surface area (Å²) in [5.41, 5.74) is 7.35. The van der Waals surface area contributed by atoms with Crippen LogP contribution in [0.2, 0.25) is 0 Å². The Labute approximate surface area is 75.2 Å². The normalized spacial score (nSPS) is 26.1. The molecule has 0 spiro atoms. The molecule has 12 heavy (non-hydrogen) atoms. The largest absolute Gasteiger partial charge is 0.400 e. The number of rotatable bonds is 1. The van der Waals surface area contributed by atoms with Crippen molar-refractivity contribution in [1.82, 2.24) is 4.67 Å². The molecule has 0 amide bonds. The van der Waals surface area contributed by atoms with Gasteiger partial charge in [0.15, 0.2) is 5.78 Å². The van der Waals surface area contributed by atoms with E-state index in [2.05, 4.69) is 14.1 Å². The average molecular weight is 186 g/mol. The predicted molar refractivity (Wildman–Crippen MR) is 52.4 cm³/mol. The zero-order valence-electron chi connectivity index (χ0n) is 7.50. The van der Waals surface area contributed by atoms with Crippen LogP contribution in [0.15, 0.2) is 11.3 Å². The number of hydrogen-bond acceptors (Lipinski definition) is 3. The summed E-state index contributed by atoms with van der Waals surface area (Å²) in [4.78, 5) is 11.1. The van der Waals surface area contributed by atoms with Gasteiger partial charge in [-0.2, -0.15) is 0 Å². The minimum atomic E-state index is 0.109. The van der Waals surface area contributed by atoms with Gasteiger partial charge in [-0.25, -0.2) is 0 Å². The third-order valence-electron chi connectivity index (χ3n) is 2.34. The van der Waals surface area contributed by atoms with Gasteiger partial charge in [-0.3, -0.25) is 9.46 Å². The minimum Gasteiger partial charge on any atom is -0.400 e. The zero-order valence-corrected chi connectivity index (χ0v) is 8.66. The highest BCUT2D eigenvalue weighted by atomic mass is 31.0. The molecular weight excluding hydrogens is 171 g/mol. The molecule has 1 aliphatic heterocycles. The Morgan fingerprint density at radius 2 is 2.33 bits per heavy atom. The van der Waals surface area contributed by atoms with E-state index < -0.39 is 0 Å². The van der Waals surface area contributed by atoms with Crippen molar-refractivity contribution in [2.45, 2.75) is 26.3 Å². The molecule has 2 atom stereocenters. The van der Waals surface area contributed by atoms with E-state index in [1.54, 1.807) is 6.92 Å². The lowest BCUT2D eigenvalue weighted by molar-refractivity contribution is -0.113.